The maximum atomic E-state index is 13.0. The number of amides is 2. The van der Waals surface area contributed by atoms with Crippen LogP contribution in [0.25, 0.3) is 16.2 Å². The number of fused-ring (bicyclic) bond motifs is 1. The molecule has 0 unspecified atom stereocenters. The average Bonchev–Trinajstić information content (AvgIpc) is 3.41. The van der Waals surface area contributed by atoms with Crippen LogP contribution in [0.4, 0.5) is 5.69 Å². The van der Waals surface area contributed by atoms with Crippen molar-refractivity contribution in [2.24, 2.45) is 0 Å². The smallest absolute Gasteiger partial charge is 0.271 e. The number of anilines is 1. The molecule has 1 N–H and O–H groups in total. The third-order valence-corrected chi connectivity index (χ3v) is 6.72. The molecule has 1 aliphatic rings. The van der Waals surface area contributed by atoms with E-state index in [1.807, 2.05) is 76.3 Å². The molecule has 4 aromatic rings. The number of hydrogen-bond donors (Lipinski definition) is 1. The fourth-order valence-corrected chi connectivity index (χ4v) is 4.97. The molecule has 0 spiro atoms. The Morgan fingerprint density at radius 1 is 1.03 bits per heavy atom. The number of hydrogen-bond acceptors (Lipinski definition) is 4. The molecule has 0 saturated carbocycles. The minimum Gasteiger partial charge on any atom is -0.337 e. The molecule has 6 nitrogen and oxygen atoms in total. The summed E-state index contributed by atoms with van der Waals surface area (Å²) in [6, 6.07) is 15.2. The Kier molecular flexibility index (Phi) is 5.49. The topological polar surface area (TPSA) is 66.7 Å². The first-order valence-electron chi connectivity index (χ1n) is 10.8. The molecule has 32 heavy (non-hydrogen) atoms. The lowest BCUT2D eigenvalue weighted by Crippen LogP contribution is -2.36. The molecule has 1 aliphatic heterocycles. The van der Waals surface area contributed by atoms with Crippen molar-refractivity contribution in [3.63, 3.8) is 0 Å². The first kappa shape index (κ1) is 20.5. The van der Waals surface area contributed by atoms with Gasteiger partial charge in [-0.3, -0.25) is 14.0 Å². The quantitative estimate of drug-likeness (QED) is 0.468. The number of likely N-dealkylation sites (tertiary alicyclic amines) is 1. The number of carbonyl (C=O) groups excluding carboxylic acids is 2. The molecule has 1 saturated heterocycles. The van der Waals surface area contributed by atoms with Crippen LogP contribution >= 0.6 is 11.3 Å². The monoisotopic (exact) mass is 444 g/mol. The van der Waals surface area contributed by atoms with Gasteiger partial charge >= 0.3 is 0 Å². The maximum absolute atomic E-state index is 13.0. The van der Waals surface area contributed by atoms with Crippen molar-refractivity contribution < 1.29 is 9.59 Å². The average molecular weight is 445 g/mol. The van der Waals surface area contributed by atoms with Crippen LogP contribution in [0.15, 0.2) is 60.1 Å². The van der Waals surface area contributed by atoms with E-state index in [0.717, 1.165) is 47.7 Å². The van der Waals surface area contributed by atoms with Crippen LogP contribution in [0.3, 0.4) is 0 Å². The lowest BCUT2D eigenvalue weighted by atomic mass is 10.1. The zero-order valence-corrected chi connectivity index (χ0v) is 18.7. The van der Waals surface area contributed by atoms with Gasteiger partial charge in [0.15, 0.2) is 4.96 Å². The summed E-state index contributed by atoms with van der Waals surface area (Å²) in [5.74, 6) is -0.0698. The Morgan fingerprint density at radius 3 is 2.66 bits per heavy atom. The van der Waals surface area contributed by atoms with E-state index in [-0.39, 0.29) is 11.8 Å². The highest BCUT2D eigenvalue weighted by molar-refractivity contribution is 7.15. The van der Waals surface area contributed by atoms with Gasteiger partial charge in [0, 0.05) is 41.5 Å². The van der Waals surface area contributed by atoms with E-state index in [0.29, 0.717) is 16.9 Å². The molecule has 1 fully saturated rings. The van der Waals surface area contributed by atoms with Crippen LogP contribution < -0.4 is 5.32 Å². The normalized spacial score (nSPS) is 14.0. The van der Waals surface area contributed by atoms with E-state index >= 15 is 0 Å². The Balaban J connectivity index is 1.40. The van der Waals surface area contributed by atoms with Crippen molar-refractivity contribution in [3.8, 4) is 11.3 Å². The SMILES string of the molecule is Cc1ccccc1C(=O)Nc1cccc(-c2cn3c(C(=O)N4CCCCC4)csc3n2)c1. The highest BCUT2D eigenvalue weighted by Gasteiger charge is 2.22. The third kappa shape index (κ3) is 3.91. The van der Waals surface area contributed by atoms with Crippen LogP contribution in [-0.2, 0) is 0 Å². The highest BCUT2D eigenvalue weighted by atomic mass is 32.1. The van der Waals surface area contributed by atoms with E-state index in [9.17, 15) is 9.59 Å². The Hall–Kier alpha value is -3.45. The first-order valence-corrected chi connectivity index (χ1v) is 11.7. The molecule has 2 aromatic heterocycles. The van der Waals surface area contributed by atoms with Gasteiger partial charge in [0.1, 0.15) is 5.69 Å². The predicted molar refractivity (Wildman–Crippen MR) is 127 cm³/mol. The Bertz CT molecular complexity index is 1300. The van der Waals surface area contributed by atoms with Crippen LogP contribution in [0.1, 0.15) is 45.7 Å². The van der Waals surface area contributed by atoms with E-state index in [2.05, 4.69) is 5.32 Å². The van der Waals surface area contributed by atoms with Gasteiger partial charge < -0.3 is 10.2 Å². The number of nitrogens with one attached hydrogen (secondary N) is 1. The van der Waals surface area contributed by atoms with Crippen molar-refractivity contribution in [1.29, 1.82) is 0 Å². The Labute approximate surface area is 190 Å². The standard InChI is InChI=1S/C25H24N4O2S/c1-17-8-3-4-11-20(17)23(30)26-19-10-7-9-18(14-19)21-15-29-22(16-32-25(29)27-21)24(31)28-12-5-2-6-13-28/h3-4,7-11,14-16H,2,5-6,12-13H2,1H3,(H,26,30). The summed E-state index contributed by atoms with van der Waals surface area (Å²) in [6.07, 6.45) is 5.23. The summed E-state index contributed by atoms with van der Waals surface area (Å²) in [5.41, 5.74) is 4.62. The van der Waals surface area contributed by atoms with Crippen LogP contribution in [0.2, 0.25) is 0 Å². The second-order valence-electron chi connectivity index (χ2n) is 8.10. The number of imidazole rings is 1. The van der Waals surface area contributed by atoms with Gasteiger partial charge in [0.2, 0.25) is 0 Å². The van der Waals surface area contributed by atoms with Crippen molar-refractivity contribution in [2.45, 2.75) is 26.2 Å². The van der Waals surface area contributed by atoms with E-state index in [4.69, 9.17) is 4.98 Å². The molecule has 5 rings (SSSR count). The summed E-state index contributed by atoms with van der Waals surface area (Å²) in [6.45, 7) is 3.56. The molecular weight excluding hydrogens is 420 g/mol. The number of aryl methyl sites for hydroxylation is 1. The van der Waals surface area contributed by atoms with Gasteiger partial charge in [-0.15, -0.1) is 11.3 Å². The predicted octanol–water partition coefficient (Wildman–Crippen LogP) is 5.25. The molecule has 0 bridgehead atoms. The second-order valence-corrected chi connectivity index (χ2v) is 8.94. The van der Waals surface area contributed by atoms with Gasteiger partial charge in [-0.05, 0) is 49.9 Å². The fourth-order valence-electron chi connectivity index (χ4n) is 4.12. The van der Waals surface area contributed by atoms with Crippen LogP contribution in [0.5, 0.6) is 0 Å². The molecule has 7 heteroatoms. The largest absolute Gasteiger partial charge is 0.337 e. The number of nitrogens with zero attached hydrogens (tertiary/aromatic N) is 3. The number of benzene rings is 2. The van der Waals surface area contributed by atoms with E-state index in [1.165, 1.54) is 17.8 Å². The summed E-state index contributed by atoms with van der Waals surface area (Å²) in [7, 11) is 0. The van der Waals surface area contributed by atoms with Crippen molar-refractivity contribution in [3.05, 3.63) is 76.9 Å². The molecule has 2 amide bonds. The molecule has 3 heterocycles. The molecule has 162 valence electrons. The summed E-state index contributed by atoms with van der Waals surface area (Å²) in [4.78, 5) is 33.1. The number of carbonyl (C=O) groups is 2. The summed E-state index contributed by atoms with van der Waals surface area (Å²) >= 11 is 1.47. The van der Waals surface area contributed by atoms with Crippen molar-refractivity contribution in [2.75, 3.05) is 18.4 Å². The van der Waals surface area contributed by atoms with Gasteiger partial charge in [0.25, 0.3) is 11.8 Å². The van der Waals surface area contributed by atoms with Crippen molar-refractivity contribution in [1.82, 2.24) is 14.3 Å². The van der Waals surface area contributed by atoms with E-state index < -0.39 is 0 Å². The van der Waals surface area contributed by atoms with Gasteiger partial charge in [-0.2, -0.15) is 0 Å². The maximum Gasteiger partial charge on any atom is 0.271 e. The molecular formula is C25H24N4O2S. The van der Waals surface area contributed by atoms with Crippen LogP contribution in [0, 0.1) is 6.92 Å². The first-order chi connectivity index (χ1) is 15.6. The number of piperidine rings is 1. The zero-order chi connectivity index (χ0) is 22.1. The van der Waals surface area contributed by atoms with Gasteiger partial charge in [0.05, 0.1) is 5.69 Å². The number of rotatable bonds is 4. The lowest BCUT2D eigenvalue weighted by molar-refractivity contribution is 0.0717. The highest BCUT2D eigenvalue weighted by Crippen LogP contribution is 2.27. The summed E-state index contributed by atoms with van der Waals surface area (Å²) in [5, 5.41) is 4.87. The summed E-state index contributed by atoms with van der Waals surface area (Å²) < 4.78 is 1.88. The third-order valence-electron chi connectivity index (χ3n) is 5.88. The zero-order valence-electron chi connectivity index (χ0n) is 17.9. The molecule has 0 atom stereocenters. The molecule has 0 aliphatic carbocycles. The minimum atomic E-state index is -0.138. The van der Waals surface area contributed by atoms with E-state index in [1.54, 1.807) is 0 Å². The van der Waals surface area contributed by atoms with Gasteiger partial charge in [-0.25, -0.2) is 4.98 Å². The minimum absolute atomic E-state index is 0.0687. The van der Waals surface area contributed by atoms with Gasteiger partial charge in [-0.1, -0.05) is 30.3 Å². The van der Waals surface area contributed by atoms with Crippen LogP contribution in [-0.4, -0.2) is 39.2 Å². The molecule has 2 aromatic carbocycles. The lowest BCUT2D eigenvalue weighted by Gasteiger charge is -2.26. The Morgan fingerprint density at radius 2 is 1.84 bits per heavy atom. The number of aromatic nitrogens is 2. The second kappa shape index (κ2) is 8.59. The fraction of sp³-hybridized carbons (Fsp3) is 0.240. The molecule has 0 radical (unpaired) electrons. The van der Waals surface area contributed by atoms with Crippen molar-refractivity contribution >= 4 is 33.8 Å². The number of thiazole rings is 1.